The highest BCUT2D eigenvalue weighted by Crippen LogP contribution is 2.11. The topological polar surface area (TPSA) is 55.9 Å². The smallest absolute Gasteiger partial charge is 0.246 e. The summed E-state index contributed by atoms with van der Waals surface area (Å²) >= 11 is 0. The minimum Gasteiger partial charge on any atom is -0.305 e. The van der Waals surface area contributed by atoms with Crippen LogP contribution in [0.25, 0.3) is 0 Å². The molecule has 6 heteroatoms. The number of likely N-dealkylation sites (N-methyl/N-ethyl adjacent to an activating group) is 2. The first-order valence-electron chi connectivity index (χ1n) is 7.02. The molecule has 1 N–H and O–H groups in total. The molecule has 19 heavy (non-hydrogen) atoms. The maximum atomic E-state index is 11.9. The Morgan fingerprint density at radius 1 is 1.16 bits per heavy atom. The van der Waals surface area contributed by atoms with E-state index in [0.717, 1.165) is 39.3 Å². The summed E-state index contributed by atoms with van der Waals surface area (Å²) in [5.41, 5.74) is 0. The normalized spacial score (nSPS) is 27.1. The van der Waals surface area contributed by atoms with Gasteiger partial charge in [-0.25, -0.2) is 0 Å². The predicted molar refractivity (Wildman–Crippen MR) is 72.7 cm³/mol. The quantitative estimate of drug-likeness (QED) is 0.661. The van der Waals surface area contributed by atoms with Crippen molar-refractivity contribution in [2.45, 2.75) is 18.9 Å². The molecule has 0 aliphatic carbocycles. The first kappa shape index (κ1) is 14.4. The molecule has 0 aromatic carbocycles. The maximum Gasteiger partial charge on any atom is 0.246 e. The number of nitrogens with one attached hydrogen (secondary N) is 1. The van der Waals surface area contributed by atoms with E-state index in [9.17, 15) is 9.59 Å². The van der Waals surface area contributed by atoms with Gasteiger partial charge in [-0.05, 0) is 13.5 Å². The van der Waals surface area contributed by atoms with Gasteiger partial charge in [0.2, 0.25) is 11.8 Å². The van der Waals surface area contributed by atoms with Crippen LogP contribution in [0.4, 0.5) is 0 Å². The van der Waals surface area contributed by atoms with Crippen LogP contribution in [0.3, 0.4) is 0 Å². The number of hydrogen-bond donors (Lipinski definition) is 1. The third kappa shape index (κ3) is 3.75. The molecular formula is C13H24N4O2. The number of rotatable bonds is 4. The predicted octanol–water partition coefficient (Wildman–Crippen LogP) is -1.03. The van der Waals surface area contributed by atoms with E-state index in [0.29, 0.717) is 12.8 Å². The Balaban J connectivity index is 1.68. The Morgan fingerprint density at radius 2 is 1.84 bits per heavy atom. The number of imide groups is 1. The molecule has 0 spiro atoms. The van der Waals surface area contributed by atoms with E-state index in [-0.39, 0.29) is 17.9 Å². The van der Waals surface area contributed by atoms with E-state index in [1.807, 2.05) is 0 Å². The van der Waals surface area contributed by atoms with Crippen molar-refractivity contribution in [2.75, 3.05) is 53.4 Å². The molecule has 0 bridgehead atoms. The van der Waals surface area contributed by atoms with Crippen molar-refractivity contribution in [3.05, 3.63) is 0 Å². The van der Waals surface area contributed by atoms with Crippen molar-refractivity contribution in [3.63, 3.8) is 0 Å². The van der Waals surface area contributed by atoms with Gasteiger partial charge < -0.3 is 10.2 Å². The number of likely N-dealkylation sites (tertiary alicyclic amines) is 1. The zero-order valence-corrected chi connectivity index (χ0v) is 11.9. The van der Waals surface area contributed by atoms with Crippen molar-refractivity contribution in [3.8, 4) is 0 Å². The minimum absolute atomic E-state index is 0.0675. The van der Waals surface area contributed by atoms with Crippen LogP contribution in [0.1, 0.15) is 12.8 Å². The monoisotopic (exact) mass is 268 g/mol. The lowest BCUT2D eigenvalue weighted by molar-refractivity contribution is -0.148. The van der Waals surface area contributed by atoms with E-state index in [1.54, 1.807) is 7.05 Å². The van der Waals surface area contributed by atoms with Gasteiger partial charge in [0, 0.05) is 52.7 Å². The summed E-state index contributed by atoms with van der Waals surface area (Å²) in [4.78, 5) is 29.2. The molecule has 1 unspecified atom stereocenters. The highest BCUT2D eigenvalue weighted by atomic mass is 16.2. The molecule has 0 aromatic heterocycles. The van der Waals surface area contributed by atoms with Crippen molar-refractivity contribution in [2.24, 2.45) is 0 Å². The number of piperidine rings is 1. The fourth-order valence-corrected chi connectivity index (χ4v) is 2.57. The fourth-order valence-electron chi connectivity index (χ4n) is 2.57. The number of hydrogen-bond acceptors (Lipinski definition) is 5. The molecule has 1 atom stereocenters. The van der Waals surface area contributed by atoms with E-state index in [4.69, 9.17) is 0 Å². The lowest BCUT2D eigenvalue weighted by Crippen LogP contribution is -2.53. The summed E-state index contributed by atoms with van der Waals surface area (Å²) < 4.78 is 0. The minimum atomic E-state index is -0.185. The van der Waals surface area contributed by atoms with E-state index < -0.39 is 0 Å². The number of carbonyl (C=O) groups excluding carboxylic acids is 2. The molecule has 2 amide bonds. The van der Waals surface area contributed by atoms with Gasteiger partial charge in [-0.1, -0.05) is 0 Å². The van der Waals surface area contributed by atoms with Crippen molar-refractivity contribution in [1.82, 2.24) is 20.0 Å². The summed E-state index contributed by atoms with van der Waals surface area (Å²) in [6.07, 6.45) is 1.10. The molecule has 2 fully saturated rings. The molecule has 0 saturated carbocycles. The molecule has 0 radical (unpaired) electrons. The average Bonchev–Trinajstić information content (AvgIpc) is 2.41. The zero-order chi connectivity index (χ0) is 13.8. The molecule has 2 aliphatic heterocycles. The summed E-state index contributed by atoms with van der Waals surface area (Å²) in [7, 11) is 3.71. The van der Waals surface area contributed by atoms with Gasteiger partial charge in [-0.15, -0.1) is 0 Å². The average molecular weight is 268 g/mol. The van der Waals surface area contributed by atoms with Crippen molar-refractivity contribution >= 4 is 11.8 Å². The van der Waals surface area contributed by atoms with Gasteiger partial charge in [0.05, 0.1) is 6.04 Å². The Bertz CT molecular complexity index is 340. The summed E-state index contributed by atoms with van der Waals surface area (Å²) in [6.45, 7) is 6.18. The van der Waals surface area contributed by atoms with Crippen LogP contribution in [-0.2, 0) is 9.59 Å². The molecule has 2 aliphatic rings. The SMILES string of the molecule is CN1CCN(CCNC2CCC(=O)N(C)C2=O)CC1. The lowest BCUT2D eigenvalue weighted by atomic mass is 10.0. The highest BCUT2D eigenvalue weighted by molar-refractivity contribution is 6.00. The summed E-state index contributed by atoms with van der Waals surface area (Å²) in [5, 5.41) is 3.28. The lowest BCUT2D eigenvalue weighted by Gasteiger charge is -2.33. The number of nitrogens with zero attached hydrogens (tertiary/aromatic N) is 3. The Kier molecular flexibility index (Phi) is 4.90. The van der Waals surface area contributed by atoms with Crippen LogP contribution < -0.4 is 5.32 Å². The highest BCUT2D eigenvalue weighted by Gasteiger charge is 2.31. The molecule has 6 nitrogen and oxygen atoms in total. The van der Waals surface area contributed by atoms with E-state index in [1.165, 1.54) is 4.90 Å². The molecular weight excluding hydrogens is 244 g/mol. The fraction of sp³-hybridized carbons (Fsp3) is 0.846. The Morgan fingerprint density at radius 3 is 2.53 bits per heavy atom. The van der Waals surface area contributed by atoms with Gasteiger partial charge in [0.1, 0.15) is 0 Å². The second-order valence-electron chi connectivity index (χ2n) is 5.48. The molecule has 0 aromatic rings. The number of carbonyl (C=O) groups is 2. The van der Waals surface area contributed by atoms with Crippen LogP contribution >= 0.6 is 0 Å². The zero-order valence-electron chi connectivity index (χ0n) is 11.9. The van der Waals surface area contributed by atoms with Crippen LogP contribution in [0.15, 0.2) is 0 Å². The third-order valence-corrected chi connectivity index (χ3v) is 4.06. The summed E-state index contributed by atoms with van der Waals surface area (Å²) in [5.74, 6) is -0.156. The van der Waals surface area contributed by atoms with Crippen LogP contribution in [-0.4, -0.2) is 85.9 Å². The standard InChI is InChI=1S/C13H24N4O2/c1-15-7-9-17(10-8-15)6-5-14-11-3-4-12(18)16(2)13(11)19/h11,14H,3-10H2,1-2H3. The van der Waals surface area contributed by atoms with E-state index in [2.05, 4.69) is 22.2 Å². The van der Waals surface area contributed by atoms with E-state index >= 15 is 0 Å². The number of amides is 2. The van der Waals surface area contributed by atoms with Crippen LogP contribution in [0, 0.1) is 0 Å². The second kappa shape index (κ2) is 6.45. The Hall–Kier alpha value is -0.980. The van der Waals surface area contributed by atoms with Gasteiger partial charge in [-0.3, -0.25) is 19.4 Å². The van der Waals surface area contributed by atoms with Crippen LogP contribution in [0.2, 0.25) is 0 Å². The molecule has 108 valence electrons. The first-order valence-corrected chi connectivity index (χ1v) is 7.02. The maximum absolute atomic E-state index is 11.9. The van der Waals surface area contributed by atoms with Gasteiger partial charge in [0.25, 0.3) is 0 Å². The third-order valence-electron chi connectivity index (χ3n) is 4.06. The largest absolute Gasteiger partial charge is 0.305 e. The van der Waals surface area contributed by atoms with Crippen molar-refractivity contribution in [1.29, 1.82) is 0 Å². The molecule has 2 rings (SSSR count). The first-order chi connectivity index (χ1) is 9.08. The Labute approximate surface area is 114 Å². The van der Waals surface area contributed by atoms with Gasteiger partial charge in [-0.2, -0.15) is 0 Å². The molecule has 2 saturated heterocycles. The summed E-state index contributed by atoms with van der Waals surface area (Å²) in [6, 6.07) is -0.185. The van der Waals surface area contributed by atoms with Gasteiger partial charge in [0.15, 0.2) is 0 Å². The van der Waals surface area contributed by atoms with Crippen LogP contribution in [0.5, 0.6) is 0 Å². The van der Waals surface area contributed by atoms with Crippen molar-refractivity contribution < 1.29 is 9.59 Å². The van der Waals surface area contributed by atoms with Gasteiger partial charge >= 0.3 is 0 Å². The second-order valence-corrected chi connectivity index (χ2v) is 5.48. The molecule has 2 heterocycles. The number of piperazine rings is 1.